The first-order valence-corrected chi connectivity index (χ1v) is 13.1. The fourth-order valence-electron chi connectivity index (χ4n) is 4.54. The number of unbranched alkanes of at least 4 members (excludes halogenated alkanes) is 1. The van der Waals surface area contributed by atoms with Crippen molar-refractivity contribution >= 4 is 33.3 Å². The number of rotatable bonds is 8. The molecular weight excluding hydrogens is 454 g/mol. The van der Waals surface area contributed by atoms with Gasteiger partial charge in [0.15, 0.2) is 16.9 Å². The molecule has 1 unspecified atom stereocenters. The highest BCUT2D eigenvalue weighted by Gasteiger charge is 2.19. The van der Waals surface area contributed by atoms with E-state index in [2.05, 4.69) is 26.7 Å². The second-order valence-corrected chi connectivity index (χ2v) is 9.80. The quantitative estimate of drug-likeness (QED) is 0.492. The Kier molecular flexibility index (Phi) is 6.73. The molecule has 0 radical (unpaired) electrons. The van der Waals surface area contributed by atoms with Gasteiger partial charge in [0.05, 0.1) is 11.6 Å². The van der Waals surface area contributed by atoms with Crippen LogP contribution in [0.1, 0.15) is 18.4 Å². The molecule has 0 bridgehead atoms. The summed E-state index contributed by atoms with van der Waals surface area (Å²) in [7, 11) is -1.08. The van der Waals surface area contributed by atoms with Gasteiger partial charge in [-0.25, -0.2) is 4.21 Å². The summed E-state index contributed by atoms with van der Waals surface area (Å²) in [5.74, 6) is 1.21. The van der Waals surface area contributed by atoms with Gasteiger partial charge in [-0.3, -0.25) is 9.69 Å². The average Bonchev–Trinajstić information content (AvgIpc) is 3.30. The minimum absolute atomic E-state index is 0.0109. The molecule has 1 aromatic heterocycles. The summed E-state index contributed by atoms with van der Waals surface area (Å²) < 4.78 is 30.8. The lowest BCUT2D eigenvalue weighted by atomic mass is 10.1. The van der Waals surface area contributed by atoms with E-state index in [1.165, 1.54) is 0 Å². The molecule has 8 nitrogen and oxygen atoms in total. The molecule has 0 amide bonds. The molecule has 1 atom stereocenters. The lowest BCUT2D eigenvalue weighted by Gasteiger charge is -2.36. The summed E-state index contributed by atoms with van der Waals surface area (Å²) in [6.07, 6.45) is 5.88. The Morgan fingerprint density at radius 2 is 1.82 bits per heavy atom. The number of benzene rings is 2. The van der Waals surface area contributed by atoms with E-state index in [4.69, 9.17) is 13.9 Å². The van der Waals surface area contributed by atoms with E-state index >= 15 is 0 Å². The molecule has 1 saturated heterocycles. The Morgan fingerprint density at radius 1 is 1.03 bits per heavy atom. The van der Waals surface area contributed by atoms with Crippen LogP contribution in [-0.2, 0) is 17.4 Å². The van der Waals surface area contributed by atoms with E-state index in [-0.39, 0.29) is 12.2 Å². The highest BCUT2D eigenvalue weighted by Crippen LogP contribution is 2.35. The zero-order valence-electron chi connectivity index (χ0n) is 19.2. The molecule has 1 N–H and O–H groups in total. The van der Waals surface area contributed by atoms with Crippen molar-refractivity contribution in [3.8, 4) is 11.5 Å². The molecule has 34 heavy (non-hydrogen) atoms. The second kappa shape index (κ2) is 10.1. The molecule has 0 spiro atoms. The smallest absolute Gasteiger partial charge is 0.231 e. The van der Waals surface area contributed by atoms with Crippen molar-refractivity contribution < 1.29 is 18.1 Å². The lowest BCUT2D eigenvalue weighted by Crippen LogP contribution is -2.46. The lowest BCUT2D eigenvalue weighted by molar-refractivity contribution is 0.174. The molecule has 2 aliphatic heterocycles. The first kappa shape index (κ1) is 22.7. The van der Waals surface area contributed by atoms with Crippen molar-refractivity contribution in [1.82, 2.24) is 4.90 Å². The van der Waals surface area contributed by atoms with E-state index in [9.17, 15) is 9.00 Å². The molecule has 0 aliphatic carbocycles. The standard InChI is InChI=1S/C25H29N3O5S/c1-34(30)26-19-6-4-7-20(13-19)28-11-9-27(10-12-28)8-3-2-5-18-16-31-22-15-24-23(32-17-33-24)14-21(22)25(18)29/h4,6-7,13-16,26H,2-3,5,8-12,17H2,1H3. The van der Waals surface area contributed by atoms with Gasteiger partial charge >= 0.3 is 0 Å². The van der Waals surface area contributed by atoms with Crippen molar-refractivity contribution in [2.24, 2.45) is 0 Å². The van der Waals surface area contributed by atoms with E-state index in [0.717, 1.165) is 56.9 Å². The average molecular weight is 484 g/mol. The number of nitrogens with one attached hydrogen (secondary N) is 1. The van der Waals surface area contributed by atoms with Gasteiger partial charge in [-0.05, 0) is 50.1 Å². The van der Waals surface area contributed by atoms with E-state index in [0.29, 0.717) is 34.5 Å². The van der Waals surface area contributed by atoms with Crippen molar-refractivity contribution in [3.05, 3.63) is 58.4 Å². The van der Waals surface area contributed by atoms with Crippen LogP contribution in [0.25, 0.3) is 11.0 Å². The van der Waals surface area contributed by atoms with Crippen LogP contribution in [0.5, 0.6) is 11.5 Å². The highest BCUT2D eigenvalue weighted by atomic mass is 32.2. The first-order valence-electron chi connectivity index (χ1n) is 11.6. The number of aryl methyl sites for hydroxylation is 1. The van der Waals surface area contributed by atoms with Crippen molar-refractivity contribution in [1.29, 1.82) is 0 Å². The van der Waals surface area contributed by atoms with Gasteiger partial charge in [-0.2, -0.15) is 0 Å². The molecule has 2 aliphatic rings. The Bertz CT molecular complexity index is 1250. The maximum Gasteiger partial charge on any atom is 0.231 e. The van der Waals surface area contributed by atoms with Gasteiger partial charge in [0.1, 0.15) is 16.6 Å². The molecule has 2 aromatic carbocycles. The van der Waals surface area contributed by atoms with Crippen LogP contribution >= 0.6 is 0 Å². The van der Waals surface area contributed by atoms with Gasteiger partial charge in [0, 0.05) is 55.4 Å². The largest absolute Gasteiger partial charge is 0.464 e. The van der Waals surface area contributed by atoms with Gasteiger partial charge in [-0.1, -0.05) is 6.07 Å². The van der Waals surface area contributed by atoms with Crippen molar-refractivity contribution in [3.63, 3.8) is 0 Å². The molecule has 3 heterocycles. The Balaban J connectivity index is 1.10. The summed E-state index contributed by atoms with van der Waals surface area (Å²) in [6.45, 7) is 5.12. The topological polar surface area (TPSA) is 84.3 Å². The Hall–Kier alpha value is -3.04. The van der Waals surface area contributed by atoms with Crippen LogP contribution in [0.2, 0.25) is 0 Å². The van der Waals surface area contributed by atoms with Crippen molar-refractivity contribution in [2.75, 3.05) is 55.4 Å². The van der Waals surface area contributed by atoms with E-state index < -0.39 is 11.0 Å². The Morgan fingerprint density at radius 3 is 2.62 bits per heavy atom. The maximum atomic E-state index is 12.9. The third-order valence-corrected chi connectivity index (χ3v) is 6.88. The summed E-state index contributed by atoms with van der Waals surface area (Å²) in [5.41, 5.74) is 3.28. The van der Waals surface area contributed by atoms with Crippen LogP contribution in [0, 0.1) is 0 Å². The summed E-state index contributed by atoms with van der Waals surface area (Å²) in [6, 6.07) is 11.5. The zero-order chi connectivity index (χ0) is 23.5. The fourth-order valence-corrected chi connectivity index (χ4v) is 5.00. The number of anilines is 2. The van der Waals surface area contributed by atoms with Gasteiger partial charge in [0.2, 0.25) is 6.79 Å². The summed E-state index contributed by atoms with van der Waals surface area (Å²) in [4.78, 5) is 17.7. The molecule has 1 fully saturated rings. The van der Waals surface area contributed by atoms with Gasteiger partial charge in [-0.15, -0.1) is 0 Å². The number of fused-ring (bicyclic) bond motifs is 2. The number of ether oxygens (including phenoxy) is 2. The van der Waals surface area contributed by atoms with Crippen LogP contribution in [-0.4, -0.2) is 54.9 Å². The van der Waals surface area contributed by atoms with Crippen LogP contribution in [0.15, 0.2) is 51.9 Å². The van der Waals surface area contributed by atoms with Gasteiger partial charge < -0.3 is 23.5 Å². The normalized spacial score (nSPS) is 16.7. The van der Waals surface area contributed by atoms with Gasteiger partial charge in [0.25, 0.3) is 0 Å². The molecule has 0 saturated carbocycles. The molecule has 5 rings (SSSR count). The number of piperazine rings is 1. The zero-order valence-corrected chi connectivity index (χ0v) is 20.1. The molecule has 3 aromatic rings. The molecular formula is C25H29N3O5S. The third-order valence-electron chi connectivity index (χ3n) is 6.35. The van der Waals surface area contributed by atoms with Crippen LogP contribution < -0.4 is 24.5 Å². The van der Waals surface area contributed by atoms with Crippen LogP contribution in [0.3, 0.4) is 0 Å². The predicted octanol–water partition coefficient (Wildman–Crippen LogP) is 3.37. The van der Waals surface area contributed by atoms with Crippen LogP contribution in [0.4, 0.5) is 11.4 Å². The minimum atomic E-state index is -1.08. The summed E-state index contributed by atoms with van der Waals surface area (Å²) in [5, 5.41) is 0.544. The molecule has 9 heteroatoms. The SMILES string of the molecule is CS(=O)Nc1cccc(N2CCN(CCCCc3coc4cc5c(cc4c3=O)OCO5)CC2)c1. The fraction of sp³-hybridized carbons (Fsp3) is 0.400. The highest BCUT2D eigenvalue weighted by molar-refractivity contribution is 7.85. The Labute approximate surface area is 201 Å². The third kappa shape index (κ3) is 5.05. The maximum absolute atomic E-state index is 12.9. The number of hydrogen-bond donors (Lipinski definition) is 1. The predicted molar refractivity (Wildman–Crippen MR) is 134 cm³/mol. The van der Waals surface area contributed by atoms with E-state index in [1.807, 2.05) is 12.1 Å². The molecule has 180 valence electrons. The number of hydrogen-bond acceptors (Lipinski definition) is 7. The van der Waals surface area contributed by atoms with Crippen molar-refractivity contribution in [2.45, 2.75) is 19.3 Å². The summed E-state index contributed by atoms with van der Waals surface area (Å²) >= 11 is 0. The van der Waals surface area contributed by atoms with E-state index in [1.54, 1.807) is 24.7 Å². The second-order valence-electron chi connectivity index (χ2n) is 8.68. The number of nitrogens with zero attached hydrogens (tertiary/aromatic N) is 2. The first-order chi connectivity index (χ1) is 16.6. The monoisotopic (exact) mass is 483 g/mol. The minimum Gasteiger partial charge on any atom is -0.464 e.